The van der Waals surface area contributed by atoms with Crippen LogP contribution in [-0.4, -0.2) is 37.4 Å². The standard InChI is InChI=1S/C25H22ClN5O3S/c1-16-13-19(31-12-4-11-28-35(31,33)34)8-9-20(16)25(32)29-18-7-10-22(26)21(14-18)24-27-15-17-5-2-3-6-23(17)30-24/h2-3,5-10,13-15,28H,4,11-12H2,1H3,(H,29,32). The summed E-state index contributed by atoms with van der Waals surface area (Å²) in [5.41, 5.74) is 3.56. The van der Waals surface area contributed by atoms with E-state index >= 15 is 0 Å². The second-order valence-electron chi connectivity index (χ2n) is 8.23. The molecule has 5 rings (SSSR count). The molecule has 1 amide bonds. The van der Waals surface area contributed by atoms with Gasteiger partial charge in [-0.05, 0) is 61.4 Å². The maximum Gasteiger partial charge on any atom is 0.301 e. The molecule has 178 valence electrons. The van der Waals surface area contributed by atoms with Gasteiger partial charge in [-0.25, -0.2) is 9.97 Å². The van der Waals surface area contributed by atoms with Crippen molar-refractivity contribution in [2.24, 2.45) is 0 Å². The average molecular weight is 508 g/mol. The van der Waals surface area contributed by atoms with Crippen LogP contribution in [0.3, 0.4) is 0 Å². The highest BCUT2D eigenvalue weighted by atomic mass is 35.5. The van der Waals surface area contributed by atoms with Crippen LogP contribution in [0.5, 0.6) is 0 Å². The van der Waals surface area contributed by atoms with Crippen LogP contribution in [0, 0.1) is 6.92 Å². The molecule has 2 N–H and O–H groups in total. The van der Waals surface area contributed by atoms with Gasteiger partial charge in [-0.1, -0.05) is 29.8 Å². The minimum atomic E-state index is -3.57. The van der Waals surface area contributed by atoms with Crippen LogP contribution < -0.4 is 14.3 Å². The Morgan fingerprint density at radius 2 is 1.94 bits per heavy atom. The van der Waals surface area contributed by atoms with E-state index in [1.165, 1.54) is 4.31 Å². The van der Waals surface area contributed by atoms with E-state index in [0.717, 1.165) is 10.9 Å². The van der Waals surface area contributed by atoms with Crippen molar-refractivity contribution in [1.82, 2.24) is 14.7 Å². The van der Waals surface area contributed by atoms with Crippen molar-refractivity contribution in [3.8, 4) is 11.4 Å². The fraction of sp³-hybridized carbons (Fsp3) is 0.160. The Kier molecular flexibility index (Phi) is 6.14. The maximum absolute atomic E-state index is 13.0. The summed E-state index contributed by atoms with van der Waals surface area (Å²) in [5, 5.41) is 4.28. The summed E-state index contributed by atoms with van der Waals surface area (Å²) in [6.07, 6.45) is 2.45. The number of halogens is 1. The highest BCUT2D eigenvalue weighted by Crippen LogP contribution is 2.30. The molecule has 10 heteroatoms. The van der Waals surface area contributed by atoms with Crippen LogP contribution in [0.2, 0.25) is 5.02 Å². The van der Waals surface area contributed by atoms with Gasteiger partial charge in [0, 0.05) is 41.5 Å². The predicted octanol–water partition coefficient (Wildman–Crippen LogP) is 4.56. The number of nitrogens with one attached hydrogen (secondary N) is 2. The van der Waals surface area contributed by atoms with Gasteiger partial charge in [-0.15, -0.1) is 0 Å². The van der Waals surface area contributed by atoms with Gasteiger partial charge in [0.25, 0.3) is 5.91 Å². The number of rotatable bonds is 4. The van der Waals surface area contributed by atoms with Gasteiger partial charge in [0.15, 0.2) is 5.82 Å². The third-order valence-electron chi connectivity index (χ3n) is 5.81. The Bertz CT molecular complexity index is 1560. The zero-order valence-corrected chi connectivity index (χ0v) is 20.4. The third kappa shape index (κ3) is 4.70. The SMILES string of the molecule is Cc1cc(N2CCCNS2(=O)=O)ccc1C(=O)Nc1ccc(Cl)c(-c2ncc3ccccc3n2)c1. The van der Waals surface area contributed by atoms with Crippen LogP contribution in [0.15, 0.2) is 66.9 Å². The molecular formula is C25H22ClN5O3S. The topological polar surface area (TPSA) is 104 Å². The van der Waals surface area contributed by atoms with E-state index in [0.29, 0.717) is 58.4 Å². The fourth-order valence-electron chi connectivity index (χ4n) is 4.02. The molecule has 0 radical (unpaired) electrons. The lowest BCUT2D eigenvalue weighted by atomic mass is 10.1. The molecule has 35 heavy (non-hydrogen) atoms. The number of carbonyl (C=O) groups is 1. The van der Waals surface area contributed by atoms with Gasteiger partial charge >= 0.3 is 10.2 Å². The van der Waals surface area contributed by atoms with Gasteiger partial charge in [0.05, 0.1) is 16.2 Å². The first-order valence-electron chi connectivity index (χ1n) is 11.0. The zero-order chi connectivity index (χ0) is 24.6. The molecule has 0 unspecified atom stereocenters. The van der Waals surface area contributed by atoms with Crippen LogP contribution in [-0.2, 0) is 10.2 Å². The number of para-hydroxylation sites is 1. The van der Waals surface area contributed by atoms with Crippen LogP contribution in [0.1, 0.15) is 22.3 Å². The quantitative estimate of drug-likeness (QED) is 0.421. The summed E-state index contributed by atoms with van der Waals surface area (Å²) >= 11 is 6.42. The molecule has 8 nitrogen and oxygen atoms in total. The number of fused-ring (bicyclic) bond motifs is 1. The van der Waals surface area contributed by atoms with Crippen molar-refractivity contribution in [1.29, 1.82) is 0 Å². The molecule has 0 bridgehead atoms. The third-order valence-corrected chi connectivity index (χ3v) is 7.68. The second kappa shape index (κ2) is 9.26. The van der Waals surface area contributed by atoms with E-state index in [9.17, 15) is 13.2 Å². The van der Waals surface area contributed by atoms with Crippen LogP contribution in [0.4, 0.5) is 11.4 Å². The van der Waals surface area contributed by atoms with Crippen molar-refractivity contribution in [3.63, 3.8) is 0 Å². The van der Waals surface area contributed by atoms with Gasteiger partial charge in [0.2, 0.25) is 0 Å². The molecular weight excluding hydrogens is 486 g/mol. The second-order valence-corrected chi connectivity index (χ2v) is 10.3. The Hall–Kier alpha value is -3.53. The maximum atomic E-state index is 13.0. The summed E-state index contributed by atoms with van der Waals surface area (Å²) in [7, 11) is -3.57. The van der Waals surface area contributed by atoms with E-state index in [1.807, 2.05) is 24.3 Å². The molecule has 1 aliphatic heterocycles. The molecule has 1 aromatic heterocycles. The van der Waals surface area contributed by atoms with Crippen molar-refractivity contribution >= 4 is 50.0 Å². The van der Waals surface area contributed by atoms with Crippen molar-refractivity contribution in [2.45, 2.75) is 13.3 Å². The van der Waals surface area contributed by atoms with Crippen molar-refractivity contribution < 1.29 is 13.2 Å². The predicted molar refractivity (Wildman–Crippen MR) is 138 cm³/mol. The first-order chi connectivity index (χ1) is 16.8. The minimum absolute atomic E-state index is 0.318. The van der Waals surface area contributed by atoms with Gasteiger partial charge < -0.3 is 5.32 Å². The lowest BCUT2D eigenvalue weighted by Gasteiger charge is -2.29. The number of hydrogen-bond acceptors (Lipinski definition) is 5. The molecule has 0 spiro atoms. The first kappa shape index (κ1) is 23.2. The van der Waals surface area contributed by atoms with E-state index < -0.39 is 10.2 Å². The number of amides is 1. The molecule has 1 saturated heterocycles. The van der Waals surface area contributed by atoms with E-state index in [-0.39, 0.29) is 5.91 Å². The zero-order valence-electron chi connectivity index (χ0n) is 18.8. The molecule has 0 atom stereocenters. The Morgan fingerprint density at radius 1 is 1.11 bits per heavy atom. The molecule has 4 aromatic rings. The Labute approximate surface area is 208 Å². The largest absolute Gasteiger partial charge is 0.322 e. The van der Waals surface area contributed by atoms with Crippen molar-refractivity contribution in [3.05, 3.63) is 83.0 Å². The molecule has 0 saturated carbocycles. The van der Waals surface area contributed by atoms with E-state index in [1.54, 1.807) is 49.5 Å². The summed E-state index contributed by atoms with van der Waals surface area (Å²) in [4.78, 5) is 22.1. The number of hydrogen-bond donors (Lipinski definition) is 2. The number of nitrogens with zero attached hydrogens (tertiary/aromatic N) is 3. The Morgan fingerprint density at radius 3 is 2.74 bits per heavy atom. The van der Waals surface area contributed by atoms with E-state index in [4.69, 9.17) is 11.6 Å². The lowest BCUT2D eigenvalue weighted by Crippen LogP contribution is -2.47. The lowest BCUT2D eigenvalue weighted by molar-refractivity contribution is 0.102. The number of carbonyl (C=O) groups excluding carboxylic acids is 1. The summed E-state index contributed by atoms with van der Waals surface area (Å²) < 4.78 is 28.5. The smallest absolute Gasteiger partial charge is 0.301 e. The molecule has 1 aliphatic rings. The number of aryl methyl sites for hydroxylation is 1. The molecule has 2 heterocycles. The number of anilines is 2. The monoisotopic (exact) mass is 507 g/mol. The number of benzene rings is 3. The van der Waals surface area contributed by atoms with E-state index in [2.05, 4.69) is 20.0 Å². The minimum Gasteiger partial charge on any atom is -0.322 e. The fourth-order valence-corrected chi connectivity index (χ4v) is 5.54. The number of aromatic nitrogens is 2. The summed E-state index contributed by atoms with van der Waals surface area (Å²) in [6.45, 7) is 2.59. The highest BCUT2D eigenvalue weighted by molar-refractivity contribution is 7.90. The molecule has 1 fully saturated rings. The molecule has 3 aromatic carbocycles. The van der Waals surface area contributed by atoms with Gasteiger partial charge in [-0.3, -0.25) is 9.10 Å². The Balaban J connectivity index is 1.40. The van der Waals surface area contributed by atoms with Crippen LogP contribution in [0.25, 0.3) is 22.3 Å². The normalized spacial score (nSPS) is 15.2. The van der Waals surface area contributed by atoms with Gasteiger partial charge in [-0.2, -0.15) is 13.1 Å². The van der Waals surface area contributed by atoms with Gasteiger partial charge in [0.1, 0.15) is 0 Å². The molecule has 0 aliphatic carbocycles. The highest BCUT2D eigenvalue weighted by Gasteiger charge is 2.26. The van der Waals surface area contributed by atoms with Crippen molar-refractivity contribution in [2.75, 3.05) is 22.7 Å². The summed E-state index contributed by atoms with van der Waals surface area (Å²) in [5.74, 6) is 0.142. The van der Waals surface area contributed by atoms with Crippen LogP contribution >= 0.6 is 11.6 Å². The summed E-state index contributed by atoms with van der Waals surface area (Å²) in [6, 6.07) is 17.8. The first-order valence-corrected chi connectivity index (χ1v) is 12.8. The average Bonchev–Trinajstić information content (AvgIpc) is 2.84.